The predicted molar refractivity (Wildman–Crippen MR) is 168 cm³/mol. The lowest BCUT2D eigenvalue weighted by Crippen LogP contribution is -2.56. The lowest BCUT2D eigenvalue weighted by Gasteiger charge is -2.49. The molecule has 0 saturated heterocycles. The van der Waals surface area contributed by atoms with E-state index < -0.39 is 0 Å². The van der Waals surface area contributed by atoms with Crippen LogP contribution in [0.15, 0.2) is 111 Å². The number of fused-ring (bicyclic) bond motifs is 1. The van der Waals surface area contributed by atoms with Crippen LogP contribution in [0.2, 0.25) is 0 Å². The fraction of sp³-hybridized carbons (Fsp3) is 0.235. The van der Waals surface area contributed by atoms with E-state index in [-0.39, 0.29) is 5.66 Å². The van der Waals surface area contributed by atoms with Crippen LogP contribution in [-0.4, -0.2) is 19.8 Å². The van der Waals surface area contributed by atoms with E-state index >= 15 is 0 Å². The Labute approximate surface area is 235 Å². The molecule has 0 saturated carbocycles. The zero-order valence-electron chi connectivity index (χ0n) is 23.8. The van der Waals surface area contributed by atoms with Crippen molar-refractivity contribution in [1.29, 1.82) is 0 Å². The molecule has 6 rings (SSSR count). The Hall–Kier alpha value is -4.58. The molecule has 1 heterocycles. The molecule has 6 nitrogen and oxygen atoms in total. The highest BCUT2D eigenvalue weighted by molar-refractivity contribution is 6.10. The van der Waals surface area contributed by atoms with Gasteiger partial charge in [-0.05, 0) is 68.3 Å². The summed E-state index contributed by atoms with van der Waals surface area (Å²) in [6, 6.07) is 31.0. The maximum atomic E-state index is 4.76. The van der Waals surface area contributed by atoms with E-state index in [1.54, 1.807) is 0 Å². The van der Waals surface area contributed by atoms with Gasteiger partial charge in [0.2, 0.25) is 0 Å². The fourth-order valence-electron chi connectivity index (χ4n) is 5.49. The zero-order valence-corrected chi connectivity index (χ0v) is 23.8. The average Bonchev–Trinajstić information content (AvgIpc) is 2.98. The highest BCUT2D eigenvalue weighted by Crippen LogP contribution is 2.47. The van der Waals surface area contributed by atoms with Gasteiger partial charge in [-0.1, -0.05) is 61.9 Å². The minimum Gasteiger partial charge on any atom is -0.352 e. The first-order valence-electron chi connectivity index (χ1n) is 13.9. The molecule has 40 heavy (non-hydrogen) atoms. The SMILES string of the molecule is CCCc1ccc(N=Nc2ccc(N=Nc3ccc4c5c(cccc35)N(C)C(C)(C)N4C)c3ccccc23)cc1. The summed E-state index contributed by atoms with van der Waals surface area (Å²) in [6.45, 7) is 6.66. The van der Waals surface area contributed by atoms with Gasteiger partial charge in [-0.2, -0.15) is 5.11 Å². The van der Waals surface area contributed by atoms with Crippen LogP contribution in [0.5, 0.6) is 0 Å². The molecule has 0 atom stereocenters. The van der Waals surface area contributed by atoms with Gasteiger partial charge >= 0.3 is 0 Å². The van der Waals surface area contributed by atoms with Crippen molar-refractivity contribution >= 4 is 55.7 Å². The van der Waals surface area contributed by atoms with Gasteiger partial charge in [0.05, 0.1) is 22.7 Å². The van der Waals surface area contributed by atoms with Gasteiger partial charge in [-0.3, -0.25) is 0 Å². The smallest absolute Gasteiger partial charge is 0.106 e. The highest BCUT2D eigenvalue weighted by Gasteiger charge is 2.35. The summed E-state index contributed by atoms with van der Waals surface area (Å²) in [4.78, 5) is 4.65. The number of benzene rings is 5. The molecular weight excluding hydrogens is 492 g/mol. The lowest BCUT2D eigenvalue weighted by atomic mass is 9.97. The number of nitrogens with zero attached hydrogens (tertiary/aromatic N) is 6. The van der Waals surface area contributed by atoms with Crippen molar-refractivity contribution in [2.75, 3.05) is 23.9 Å². The summed E-state index contributed by atoms with van der Waals surface area (Å²) in [5.41, 5.74) is 6.88. The third kappa shape index (κ3) is 4.39. The van der Waals surface area contributed by atoms with E-state index in [2.05, 4.69) is 109 Å². The summed E-state index contributed by atoms with van der Waals surface area (Å²) < 4.78 is 0. The van der Waals surface area contributed by atoms with Crippen LogP contribution in [0, 0.1) is 0 Å². The van der Waals surface area contributed by atoms with E-state index in [0.29, 0.717) is 0 Å². The van der Waals surface area contributed by atoms with Gasteiger partial charge in [-0.15, -0.1) is 15.3 Å². The van der Waals surface area contributed by atoms with Crippen LogP contribution < -0.4 is 9.80 Å². The van der Waals surface area contributed by atoms with Crippen molar-refractivity contribution in [2.45, 2.75) is 39.3 Å². The van der Waals surface area contributed by atoms with E-state index in [4.69, 9.17) is 10.2 Å². The Morgan fingerprint density at radius 1 is 0.575 bits per heavy atom. The molecular formula is C34H34N6. The monoisotopic (exact) mass is 526 g/mol. The summed E-state index contributed by atoms with van der Waals surface area (Å²) in [5, 5.41) is 22.9. The summed E-state index contributed by atoms with van der Waals surface area (Å²) in [7, 11) is 4.30. The number of anilines is 2. The molecule has 5 aromatic rings. The minimum atomic E-state index is -0.138. The first-order chi connectivity index (χ1) is 19.4. The Bertz CT molecular complexity index is 1750. The molecule has 0 N–H and O–H groups in total. The Kier molecular flexibility index (Phi) is 6.54. The molecule has 0 unspecified atom stereocenters. The van der Waals surface area contributed by atoms with Crippen molar-refractivity contribution in [3.8, 4) is 0 Å². The van der Waals surface area contributed by atoms with Gasteiger partial charge in [0.1, 0.15) is 5.66 Å². The maximum absolute atomic E-state index is 4.76. The van der Waals surface area contributed by atoms with Gasteiger partial charge in [-0.25, -0.2) is 0 Å². The topological polar surface area (TPSA) is 55.9 Å². The number of azo groups is 2. The average molecular weight is 527 g/mol. The van der Waals surface area contributed by atoms with Crippen LogP contribution in [-0.2, 0) is 6.42 Å². The second-order valence-electron chi connectivity index (χ2n) is 10.9. The van der Waals surface area contributed by atoms with Crippen molar-refractivity contribution in [2.24, 2.45) is 20.5 Å². The number of aryl methyl sites for hydroxylation is 1. The van der Waals surface area contributed by atoms with E-state index in [1.165, 1.54) is 22.3 Å². The molecule has 0 spiro atoms. The standard InChI is InChI=1S/C34H34N6/c1-6-10-23-15-17-24(18-16-23)35-36-28-19-20-29(26-12-8-7-11-25(26)28)37-38-30-21-22-32-33-27(30)13-9-14-31(33)39(4)34(2,3)40(32)5/h7-9,11-22H,6,10H2,1-5H3. The lowest BCUT2D eigenvalue weighted by molar-refractivity contribution is 0.474. The minimum absolute atomic E-state index is 0.138. The Morgan fingerprint density at radius 3 is 1.73 bits per heavy atom. The molecule has 5 aromatic carbocycles. The first kappa shape index (κ1) is 25.7. The van der Waals surface area contributed by atoms with Gasteiger partial charge in [0, 0.05) is 47.0 Å². The normalized spacial score (nSPS) is 14.7. The van der Waals surface area contributed by atoms with Crippen molar-refractivity contribution in [1.82, 2.24) is 0 Å². The molecule has 0 bridgehead atoms. The maximum Gasteiger partial charge on any atom is 0.106 e. The molecule has 6 heteroatoms. The van der Waals surface area contributed by atoms with Gasteiger partial charge in [0.15, 0.2) is 0 Å². The van der Waals surface area contributed by atoms with Crippen LogP contribution in [0.1, 0.15) is 32.8 Å². The van der Waals surface area contributed by atoms with E-state index in [9.17, 15) is 0 Å². The van der Waals surface area contributed by atoms with Crippen LogP contribution in [0.25, 0.3) is 21.5 Å². The molecule has 0 radical (unpaired) electrons. The van der Waals surface area contributed by atoms with Crippen molar-refractivity contribution < 1.29 is 0 Å². The highest BCUT2D eigenvalue weighted by atomic mass is 15.4. The molecule has 0 fully saturated rings. The van der Waals surface area contributed by atoms with E-state index in [1.807, 2.05) is 36.4 Å². The van der Waals surface area contributed by atoms with Gasteiger partial charge in [0.25, 0.3) is 0 Å². The van der Waals surface area contributed by atoms with Crippen molar-refractivity contribution in [3.63, 3.8) is 0 Å². The van der Waals surface area contributed by atoms with Crippen LogP contribution in [0.3, 0.4) is 0 Å². The predicted octanol–water partition coefficient (Wildman–Crippen LogP) is 10.4. The summed E-state index contributed by atoms with van der Waals surface area (Å²) in [6.07, 6.45) is 2.21. The molecule has 0 aliphatic carbocycles. The van der Waals surface area contributed by atoms with Crippen molar-refractivity contribution in [3.05, 3.63) is 96.6 Å². The van der Waals surface area contributed by atoms with Gasteiger partial charge < -0.3 is 9.80 Å². The quantitative estimate of drug-likeness (QED) is 0.207. The Balaban J connectivity index is 1.36. The third-order valence-electron chi connectivity index (χ3n) is 8.23. The van der Waals surface area contributed by atoms with Crippen LogP contribution >= 0.6 is 0 Å². The summed E-state index contributed by atoms with van der Waals surface area (Å²) in [5.74, 6) is 0. The molecule has 0 aromatic heterocycles. The first-order valence-corrected chi connectivity index (χ1v) is 13.9. The largest absolute Gasteiger partial charge is 0.352 e. The summed E-state index contributed by atoms with van der Waals surface area (Å²) >= 11 is 0. The fourth-order valence-corrected chi connectivity index (χ4v) is 5.49. The number of hydrogen-bond donors (Lipinski definition) is 0. The Morgan fingerprint density at radius 2 is 1.10 bits per heavy atom. The molecule has 1 aliphatic rings. The molecule has 200 valence electrons. The van der Waals surface area contributed by atoms with E-state index in [0.717, 1.165) is 51.7 Å². The third-order valence-corrected chi connectivity index (χ3v) is 8.23. The second-order valence-corrected chi connectivity index (χ2v) is 10.9. The van der Waals surface area contributed by atoms with Crippen LogP contribution in [0.4, 0.5) is 34.1 Å². The second kappa shape index (κ2) is 10.2. The molecule has 1 aliphatic heterocycles. The zero-order chi connectivity index (χ0) is 27.9. The number of hydrogen-bond acceptors (Lipinski definition) is 6. The number of rotatable bonds is 6. The molecule has 0 amide bonds.